The predicted octanol–water partition coefficient (Wildman–Crippen LogP) is 13.1. The lowest BCUT2D eigenvalue weighted by Crippen LogP contribution is -2.35. The highest BCUT2D eigenvalue weighted by molar-refractivity contribution is 6.16. The summed E-state index contributed by atoms with van der Waals surface area (Å²) in [7, 11) is 2.08. The molecule has 0 spiro atoms. The first kappa shape index (κ1) is 33.3. The van der Waals surface area contributed by atoms with Crippen molar-refractivity contribution in [2.24, 2.45) is 9.98 Å². The highest BCUT2D eigenvalue weighted by Crippen LogP contribution is 2.43. The van der Waals surface area contributed by atoms with Gasteiger partial charge in [0.25, 0.3) is 0 Å². The third-order valence-electron chi connectivity index (χ3n) is 10.7. The molecule has 1 unspecified atom stereocenters. The minimum Gasteiger partial charge on any atom is -0.455 e. The molecule has 4 nitrogen and oxygen atoms in total. The van der Waals surface area contributed by atoms with E-state index in [1.807, 2.05) is 30.3 Å². The van der Waals surface area contributed by atoms with Crippen LogP contribution in [-0.4, -0.2) is 23.6 Å². The Morgan fingerprint density at radius 2 is 0.964 bits per heavy atom. The third-order valence-corrected chi connectivity index (χ3v) is 10.7. The zero-order valence-electron chi connectivity index (χ0n) is 30.9. The van der Waals surface area contributed by atoms with Gasteiger partial charge in [-0.05, 0) is 74.8 Å². The monoisotopic (exact) mass is 719 g/mol. The van der Waals surface area contributed by atoms with E-state index >= 15 is 0 Å². The quantitative estimate of drug-likeness (QED) is 0.165. The summed E-state index contributed by atoms with van der Waals surface area (Å²) in [6.45, 7) is 0. The van der Waals surface area contributed by atoms with Crippen LogP contribution in [0.25, 0.3) is 66.4 Å². The highest BCUT2D eigenvalue weighted by atomic mass is 16.3. The molecular weight excluding hydrogens is 683 g/mol. The fraction of sp³-hybridized carbons (Fsp3) is 0.0385. The Labute approximate surface area is 326 Å². The van der Waals surface area contributed by atoms with Crippen LogP contribution in [0.1, 0.15) is 22.9 Å². The number of amidine groups is 2. The lowest BCUT2D eigenvalue weighted by atomic mass is 9.92. The first-order valence-electron chi connectivity index (χ1n) is 19.0. The molecule has 0 aliphatic carbocycles. The molecule has 0 saturated heterocycles. The molecule has 8 aromatic carbocycles. The van der Waals surface area contributed by atoms with Gasteiger partial charge in [0.05, 0.1) is 0 Å². The van der Waals surface area contributed by atoms with Crippen LogP contribution in [0.5, 0.6) is 0 Å². The molecule has 266 valence electrons. The first-order valence-corrected chi connectivity index (χ1v) is 19.0. The Hall–Kier alpha value is -7.30. The number of furan rings is 1. The largest absolute Gasteiger partial charge is 0.455 e. The minimum absolute atomic E-state index is 0.258. The van der Waals surface area contributed by atoms with Crippen molar-refractivity contribution in [3.05, 3.63) is 217 Å². The summed E-state index contributed by atoms with van der Waals surface area (Å²) in [5, 5.41) is 2.22. The Morgan fingerprint density at radius 3 is 1.68 bits per heavy atom. The highest BCUT2D eigenvalue weighted by Gasteiger charge is 2.27. The van der Waals surface area contributed by atoms with E-state index in [2.05, 4.69) is 182 Å². The second-order valence-electron chi connectivity index (χ2n) is 14.2. The van der Waals surface area contributed by atoms with E-state index in [1.54, 1.807) is 0 Å². The lowest BCUT2D eigenvalue weighted by Gasteiger charge is -2.32. The summed E-state index contributed by atoms with van der Waals surface area (Å²) >= 11 is 0. The lowest BCUT2D eigenvalue weighted by molar-refractivity contribution is 0.383. The molecule has 56 heavy (non-hydrogen) atoms. The number of benzene rings is 8. The molecule has 0 saturated carbocycles. The van der Waals surface area contributed by atoms with Crippen LogP contribution in [-0.2, 0) is 0 Å². The first-order chi connectivity index (χ1) is 27.7. The van der Waals surface area contributed by atoms with Gasteiger partial charge in [-0.3, -0.25) is 0 Å². The second-order valence-corrected chi connectivity index (χ2v) is 14.2. The minimum atomic E-state index is -0.258. The maximum atomic E-state index is 6.71. The van der Waals surface area contributed by atoms with E-state index < -0.39 is 0 Å². The van der Waals surface area contributed by atoms with Crippen molar-refractivity contribution in [3.8, 4) is 44.5 Å². The van der Waals surface area contributed by atoms with Crippen molar-refractivity contribution >= 4 is 33.6 Å². The molecule has 4 heteroatoms. The van der Waals surface area contributed by atoms with Crippen molar-refractivity contribution < 1.29 is 4.42 Å². The van der Waals surface area contributed by atoms with Crippen molar-refractivity contribution in [1.29, 1.82) is 0 Å². The van der Waals surface area contributed by atoms with Crippen molar-refractivity contribution in [2.45, 2.75) is 6.17 Å². The Bertz CT molecular complexity index is 2930. The zero-order valence-corrected chi connectivity index (χ0v) is 30.9. The molecule has 1 atom stereocenters. The number of rotatable bonds is 7. The average Bonchev–Trinajstić information content (AvgIpc) is 3.67. The molecule has 10 rings (SSSR count). The molecule has 0 fully saturated rings. The molecule has 0 amide bonds. The standard InChI is InChI=1S/C52H37N3O/c1-55-51(37-20-9-4-10-21-37)53-50(36-18-7-3-8-19-36)54-52(55)43-27-15-24-40(34-43)39-23-14-25-41(33-39)44-30-31-45(49-48(44)46-28-11-12-29-47(46)56-49)42-26-13-22-38(32-42)35-16-5-2-6-17-35/h2-34,52H,1H3. The second kappa shape index (κ2) is 14.2. The van der Waals surface area contributed by atoms with Gasteiger partial charge in [0.15, 0.2) is 12.0 Å². The molecule has 0 N–H and O–H groups in total. The Balaban J connectivity index is 1.05. The van der Waals surface area contributed by atoms with Gasteiger partial charge >= 0.3 is 0 Å². The summed E-state index contributed by atoms with van der Waals surface area (Å²) < 4.78 is 6.71. The smallest absolute Gasteiger partial charge is 0.159 e. The van der Waals surface area contributed by atoms with Crippen molar-refractivity contribution in [2.75, 3.05) is 7.05 Å². The molecule has 1 aliphatic heterocycles. The number of nitrogens with zero attached hydrogens (tertiary/aromatic N) is 3. The molecule has 0 radical (unpaired) electrons. The van der Waals surface area contributed by atoms with Crippen LogP contribution in [0.3, 0.4) is 0 Å². The molecule has 2 heterocycles. The molecular formula is C52H37N3O. The van der Waals surface area contributed by atoms with E-state index in [-0.39, 0.29) is 6.17 Å². The molecule has 9 aromatic rings. The van der Waals surface area contributed by atoms with Crippen LogP contribution in [0.2, 0.25) is 0 Å². The number of fused-ring (bicyclic) bond motifs is 3. The van der Waals surface area contributed by atoms with Gasteiger partial charge in [-0.2, -0.15) is 0 Å². The van der Waals surface area contributed by atoms with Crippen molar-refractivity contribution in [3.63, 3.8) is 0 Å². The number of aliphatic imine (C=N–C) groups is 2. The normalized spacial score (nSPS) is 14.2. The fourth-order valence-electron chi connectivity index (χ4n) is 7.94. The van der Waals surface area contributed by atoms with Gasteiger partial charge in [-0.25, -0.2) is 9.98 Å². The van der Waals surface area contributed by atoms with Gasteiger partial charge in [-0.15, -0.1) is 0 Å². The van der Waals surface area contributed by atoms with Crippen LogP contribution >= 0.6 is 0 Å². The Morgan fingerprint density at radius 1 is 0.446 bits per heavy atom. The number of para-hydroxylation sites is 1. The van der Waals surface area contributed by atoms with E-state index in [0.717, 1.165) is 83.7 Å². The summed E-state index contributed by atoms with van der Waals surface area (Å²) in [4.78, 5) is 12.5. The third kappa shape index (κ3) is 6.08. The number of hydrogen-bond acceptors (Lipinski definition) is 4. The SMILES string of the molecule is CN1C(c2ccccc2)=NC(c2ccccc2)=NC1c1cccc(-c2cccc(-c3ccc(-c4cccc(-c5ccccc5)c4)c4oc5ccccc5c34)c2)c1. The maximum Gasteiger partial charge on any atom is 0.159 e. The van der Waals surface area contributed by atoms with Gasteiger partial charge in [0.2, 0.25) is 0 Å². The van der Waals surface area contributed by atoms with Gasteiger partial charge < -0.3 is 9.32 Å². The van der Waals surface area contributed by atoms with Crippen molar-refractivity contribution in [1.82, 2.24) is 4.90 Å². The summed E-state index contributed by atoms with van der Waals surface area (Å²) in [5.41, 5.74) is 14.0. The molecule has 1 aromatic heterocycles. The van der Waals surface area contributed by atoms with Crippen LogP contribution in [0.15, 0.2) is 215 Å². The van der Waals surface area contributed by atoms with Gasteiger partial charge in [0.1, 0.15) is 17.0 Å². The average molecular weight is 720 g/mol. The van der Waals surface area contributed by atoms with E-state index in [4.69, 9.17) is 14.4 Å². The predicted molar refractivity (Wildman–Crippen MR) is 232 cm³/mol. The topological polar surface area (TPSA) is 41.1 Å². The fourth-order valence-corrected chi connectivity index (χ4v) is 7.94. The van der Waals surface area contributed by atoms with Crippen LogP contribution in [0.4, 0.5) is 0 Å². The van der Waals surface area contributed by atoms with Crippen LogP contribution in [0, 0.1) is 0 Å². The zero-order chi connectivity index (χ0) is 37.4. The van der Waals surface area contributed by atoms with Gasteiger partial charge in [-0.1, -0.05) is 170 Å². The summed E-state index contributed by atoms with van der Waals surface area (Å²) in [6.07, 6.45) is -0.258. The summed E-state index contributed by atoms with van der Waals surface area (Å²) in [6, 6.07) is 70.3. The number of hydrogen-bond donors (Lipinski definition) is 0. The van der Waals surface area contributed by atoms with Crippen LogP contribution < -0.4 is 0 Å². The Kier molecular flexibility index (Phi) is 8.42. The molecule has 1 aliphatic rings. The van der Waals surface area contributed by atoms with E-state index in [0.29, 0.717) is 0 Å². The maximum absolute atomic E-state index is 6.71. The molecule has 0 bridgehead atoms. The van der Waals surface area contributed by atoms with E-state index in [1.165, 1.54) is 11.1 Å². The van der Waals surface area contributed by atoms with E-state index in [9.17, 15) is 0 Å². The summed E-state index contributed by atoms with van der Waals surface area (Å²) in [5.74, 6) is 1.62. The van der Waals surface area contributed by atoms with Gasteiger partial charge in [0, 0.05) is 34.5 Å².